The standard InChI is InChI=1S/C57H34O2/c1-3-15-39(16-4-1)57(40-17-5-2-6-18-40)50-33-38(42-22-12-24-54-55(42)46-29-25-35-13-7-8-19-43(35)56(46)59-54)26-28-44(50)48-34-47-36(32-51(48)57)14-11-21-41(47)37-27-30-53-49(31-37)45-20-9-10-23-52(45)58-53/h1-34H. The fourth-order valence-corrected chi connectivity index (χ4v) is 10.4. The monoisotopic (exact) mass is 750 g/mol. The maximum Gasteiger partial charge on any atom is 0.143 e. The molecule has 0 atom stereocenters. The van der Waals surface area contributed by atoms with Crippen LogP contribution in [0.25, 0.3) is 98.8 Å². The fraction of sp³-hybridized carbons (Fsp3) is 0.0175. The Morgan fingerprint density at radius 3 is 1.80 bits per heavy atom. The molecular formula is C57H34O2. The molecule has 0 spiro atoms. The summed E-state index contributed by atoms with van der Waals surface area (Å²) in [4.78, 5) is 0. The van der Waals surface area contributed by atoms with E-state index in [2.05, 4.69) is 194 Å². The van der Waals surface area contributed by atoms with Gasteiger partial charge in [-0.25, -0.2) is 0 Å². The number of furan rings is 2. The summed E-state index contributed by atoms with van der Waals surface area (Å²) in [6, 6.07) is 75.3. The van der Waals surface area contributed by atoms with Gasteiger partial charge in [0.05, 0.1) is 5.41 Å². The molecule has 2 aromatic heterocycles. The van der Waals surface area contributed by atoms with E-state index in [9.17, 15) is 0 Å². The van der Waals surface area contributed by atoms with Crippen LogP contribution in [-0.4, -0.2) is 0 Å². The van der Waals surface area contributed by atoms with Gasteiger partial charge in [-0.05, 0) is 120 Å². The fourth-order valence-electron chi connectivity index (χ4n) is 10.4. The first kappa shape index (κ1) is 32.4. The van der Waals surface area contributed by atoms with Gasteiger partial charge in [-0.2, -0.15) is 0 Å². The molecule has 0 unspecified atom stereocenters. The predicted octanol–water partition coefficient (Wildman–Crippen LogP) is 15.5. The van der Waals surface area contributed by atoms with E-state index in [-0.39, 0.29) is 0 Å². The van der Waals surface area contributed by atoms with Crippen molar-refractivity contribution in [3.63, 3.8) is 0 Å². The van der Waals surface area contributed by atoms with E-state index in [0.717, 1.165) is 49.3 Å². The summed E-state index contributed by atoms with van der Waals surface area (Å²) in [5, 5.41) is 9.30. The summed E-state index contributed by atoms with van der Waals surface area (Å²) >= 11 is 0. The lowest BCUT2D eigenvalue weighted by Crippen LogP contribution is -2.28. The van der Waals surface area contributed by atoms with Gasteiger partial charge in [-0.1, -0.05) is 158 Å². The van der Waals surface area contributed by atoms with Crippen LogP contribution in [0.3, 0.4) is 0 Å². The van der Waals surface area contributed by atoms with Crippen molar-refractivity contribution in [3.05, 3.63) is 229 Å². The maximum atomic E-state index is 6.68. The molecule has 0 saturated heterocycles. The minimum Gasteiger partial charge on any atom is -0.456 e. The largest absolute Gasteiger partial charge is 0.456 e. The highest BCUT2D eigenvalue weighted by atomic mass is 16.3. The summed E-state index contributed by atoms with van der Waals surface area (Å²) in [6.45, 7) is 0. The summed E-state index contributed by atoms with van der Waals surface area (Å²) in [5.74, 6) is 0. The summed E-state index contributed by atoms with van der Waals surface area (Å²) in [6.07, 6.45) is 0. The predicted molar refractivity (Wildman–Crippen MR) is 244 cm³/mol. The molecule has 0 aliphatic heterocycles. The molecule has 274 valence electrons. The molecule has 0 N–H and O–H groups in total. The number of benzene rings is 10. The quantitative estimate of drug-likeness (QED) is 0.179. The van der Waals surface area contributed by atoms with E-state index in [0.29, 0.717) is 0 Å². The second-order valence-electron chi connectivity index (χ2n) is 15.9. The van der Waals surface area contributed by atoms with Crippen molar-refractivity contribution in [2.75, 3.05) is 0 Å². The topological polar surface area (TPSA) is 26.3 Å². The lowest BCUT2D eigenvalue weighted by atomic mass is 9.67. The van der Waals surface area contributed by atoms with E-state index in [1.54, 1.807) is 0 Å². The third-order valence-corrected chi connectivity index (χ3v) is 12.9. The molecule has 2 heterocycles. The lowest BCUT2D eigenvalue weighted by molar-refractivity contribution is 0.669. The SMILES string of the molecule is c1ccc(C2(c3ccccc3)c3cc(-c4cccc5oc6c7ccccc7ccc6c45)ccc3-c3cc4c(-c5ccc6oc7ccccc7c6c5)cccc4cc32)cc1. The van der Waals surface area contributed by atoms with E-state index < -0.39 is 5.41 Å². The zero-order valence-electron chi connectivity index (χ0n) is 31.9. The Morgan fingerprint density at radius 2 is 0.949 bits per heavy atom. The van der Waals surface area contributed by atoms with Gasteiger partial charge in [-0.15, -0.1) is 0 Å². The number of rotatable bonds is 4. The molecule has 59 heavy (non-hydrogen) atoms. The Bertz CT molecular complexity index is 3620. The molecule has 0 saturated carbocycles. The Morgan fingerprint density at radius 1 is 0.305 bits per heavy atom. The highest BCUT2D eigenvalue weighted by Crippen LogP contribution is 2.58. The van der Waals surface area contributed by atoms with Crippen molar-refractivity contribution in [2.24, 2.45) is 0 Å². The molecule has 1 aliphatic carbocycles. The Kier molecular flexibility index (Phi) is 6.68. The van der Waals surface area contributed by atoms with E-state index in [1.165, 1.54) is 71.8 Å². The third kappa shape index (κ3) is 4.51. The first-order valence-corrected chi connectivity index (χ1v) is 20.3. The van der Waals surface area contributed by atoms with E-state index >= 15 is 0 Å². The van der Waals surface area contributed by atoms with Crippen LogP contribution in [-0.2, 0) is 5.41 Å². The van der Waals surface area contributed by atoms with Crippen molar-refractivity contribution in [1.82, 2.24) is 0 Å². The molecular weight excluding hydrogens is 717 g/mol. The first-order valence-electron chi connectivity index (χ1n) is 20.3. The number of hydrogen-bond donors (Lipinski definition) is 0. The van der Waals surface area contributed by atoms with Gasteiger partial charge in [0.1, 0.15) is 22.3 Å². The summed E-state index contributed by atoms with van der Waals surface area (Å²) < 4.78 is 12.9. The van der Waals surface area contributed by atoms with Gasteiger partial charge in [0.15, 0.2) is 0 Å². The zero-order valence-corrected chi connectivity index (χ0v) is 31.9. The van der Waals surface area contributed by atoms with Crippen LogP contribution in [0.5, 0.6) is 0 Å². The van der Waals surface area contributed by atoms with Crippen LogP contribution in [0, 0.1) is 0 Å². The number of fused-ring (bicyclic) bond motifs is 12. The minimum atomic E-state index is -0.565. The van der Waals surface area contributed by atoms with E-state index in [4.69, 9.17) is 8.83 Å². The van der Waals surface area contributed by atoms with Gasteiger partial charge in [0.25, 0.3) is 0 Å². The molecule has 10 aromatic carbocycles. The Hall–Kier alpha value is -7.68. The van der Waals surface area contributed by atoms with Gasteiger partial charge in [-0.3, -0.25) is 0 Å². The highest BCUT2D eigenvalue weighted by molar-refractivity contribution is 6.19. The van der Waals surface area contributed by atoms with Crippen molar-refractivity contribution >= 4 is 65.4 Å². The summed E-state index contributed by atoms with van der Waals surface area (Å²) in [7, 11) is 0. The van der Waals surface area contributed by atoms with E-state index in [1.807, 2.05) is 12.1 Å². The Labute approximate surface area is 340 Å². The van der Waals surface area contributed by atoms with Crippen LogP contribution in [0.4, 0.5) is 0 Å². The maximum absolute atomic E-state index is 6.68. The molecule has 13 rings (SSSR count). The second kappa shape index (κ2) is 12.2. The molecule has 0 amide bonds. The number of para-hydroxylation sites is 1. The Balaban J connectivity index is 1.09. The second-order valence-corrected chi connectivity index (χ2v) is 15.9. The summed E-state index contributed by atoms with van der Waals surface area (Å²) in [5.41, 5.74) is 15.4. The molecule has 0 fully saturated rings. The van der Waals surface area contributed by atoms with Crippen molar-refractivity contribution < 1.29 is 8.83 Å². The molecule has 12 aromatic rings. The van der Waals surface area contributed by atoms with Crippen molar-refractivity contribution in [2.45, 2.75) is 5.41 Å². The molecule has 0 radical (unpaired) electrons. The van der Waals surface area contributed by atoms with Gasteiger partial charge in [0, 0.05) is 26.9 Å². The lowest BCUT2D eigenvalue weighted by Gasteiger charge is -2.34. The van der Waals surface area contributed by atoms with Crippen LogP contribution < -0.4 is 0 Å². The normalized spacial score (nSPS) is 13.2. The third-order valence-electron chi connectivity index (χ3n) is 12.9. The first-order chi connectivity index (χ1) is 29.2. The molecule has 2 heteroatoms. The van der Waals surface area contributed by atoms with Crippen LogP contribution >= 0.6 is 0 Å². The minimum absolute atomic E-state index is 0.565. The molecule has 0 bridgehead atoms. The van der Waals surface area contributed by atoms with Crippen molar-refractivity contribution in [3.8, 4) is 33.4 Å². The smallest absolute Gasteiger partial charge is 0.143 e. The van der Waals surface area contributed by atoms with Gasteiger partial charge in [0.2, 0.25) is 0 Å². The van der Waals surface area contributed by atoms with Gasteiger partial charge < -0.3 is 8.83 Å². The molecule has 1 aliphatic rings. The van der Waals surface area contributed by atoms with Crippen LogP contribution in [0.15, 0.2) is 215 Å². The number of hydrogen-bond acceptors (Lipinski definition) is 2. The average Bonchev–Trinajstić information content (AvgIpc) is 3.96. The van der Waals surface area contributed by atoms with Gasteiger partial charge >= 0.3 is 0 Å². The average molecular weight is 751 g/mol. The van der Waals surface area contributed by atoms with Crippen LogP contribution in [0.2, 0.25) is 0 Å². The zero-order chi connectivity index (χ0) is 38.7. The van der Waals surface area contributed by atoms with Crippen molar-refractivity contribution in [1.29, 1.82) is 0 Å². The molecule has 2 nitrogen and oxygen atoms in total. The highest BCUT2D eigenvalue weighted by Gasteiger charge is 2.46. The van der Waals surface area contributed by atoms with Crippen LogP contribution in [0.1, 0.15) is 22.3 Å².